The summed E-state index contributed by atoms with van der Waals surface area (Å²) in [5, 5.41) is 8.02. The number of hydrazone groups is 1. The third-order valence-corrected chi connectivity index (χ3v) is 4.78. The van der Waals surface area contributed by atoms with Crippen LogP contribution < -0.4 is 10.3 Å². The molecule has 0 unspecified atom stereocenters. The van der Waals surface area contributed by atoms with E-state index in [1.807, 2.05) is 30.5 Å². The average Bonchev–Trinajstić information content (AvgIpc) is 2.73. The predicted octanol–water partition coefficient (Wildman–Crippen LogP) is 3.07. The molecular weight excluding hydrogens is 378 g/mol. The van der Waals surface area contributed by atoms with Crippen molar-refractivity contribution in [1.82, 2.24) is 0 Å². The van der Waals surface area contributed by atoms with Crippen molar-refractivity contribution in [3.63, 3.8) is 0 Å². The Labute approximate surface area is 166 Å². The number of carbonyl (C=O) groups excluding carboxylic acids is 3. The smallest absolute Gasteiger partial charge is 0.355 e. The van der Waals surface area contributed by atoms with Crippen LogP contribution in [0.25, 0.3) is 0 Å². The lowest BCUT2D eigenvalue weighted by Crippen LogP contribution is -2.35. The molecule has 0 aliphatic carbocycles. The molecule has 0 saturated heterocycles. The van der Waals surface area contributed by atoms with Crippen molar-refractivity contribution in [3.8, 4) is 0 Å². The summed E-state index contributed by atoms with van der Waals surface area (Å²) in [5.41, 5.74) is 1.34. The molecule has 0 radical (unpaired) electrons. The van der Waals surface area contributed by atoms with Gasteiger partial charge in [-0.3, -0.25) is 9.59 Å². The molecule has 0 fully saturated rings. The maximum Gasteiger partial charge on any atom is 0.355 e. The van der Waals surface area contributed by atoms with Crippen LogP contribution in [0, 0.1) is 0 Å². The minimum Gasteiger partial charge on any atom is -0.451 e. The Morgan fingerprint density at radius 1 is 1.11 bits per heavy atom. The topological polar surface area (TPSA) is 88.1 Å². The van der Waals surface area contributed by atoms with Gasteiger partial charge in [0.15, 0.2) is 6.61 Å². The van der Waals surface area contributed by atoms with Crippen LogP contribution >= 0.6 is 11.8 Å². The number of para-hydroxylation sites is 2. The van der Waals surface area contributed by atoms with Crippen LogP contribution in [0.5, 0.6) is 0 Å². The fraction of sp³-hybridized carbons (Fsp3) is 0.200. The lowest BCUT2D eigenvalue weighted by Gasteiger charge is -2.22. The highest BCUT2D eigenvalue weighted by molar-refractivity contribution is 7.98. The summed E-state index contributed by atoms with van der Waals surface area (Å²) in [6.07, 6.45) is 2.24. The minimum absolute atomic E-state index is 0.112. The Bertz CT molecular complexity index is 915. The van der Waals surface area contributed by atoms with Crippen LogP contribution in [0.15, 0.2) is 64.6 Å². The van der Waals surface area contributed by atoms with E-state index in [-0.39, 0.29) is 24.5 Å². The number of amides is 2. The van der Waals surface area contributed by atoms with E-state index in [2.05, 4.69) is 10.4 Å². The zero-order valence-corrected chi connectivity index (χ0v) is 16.1. The molecule has 0 aromatic heterocycles. The molecule has 3 rings (SSSR count). The van der Waals surface area contributed by atoms with Crippen LogP contribution in [0.3, 0.4) is 0 Å². The molecule has 0 atom stereocenters. The van der Waals surface area contributed by atoms with E-state index in [9.17, 15) is 14.4 Å². The van der Waals surface area contributed by atoms with E-state index in [0.29, 0.717) is 11.4 Å². The second kappa shape index (κ2) is 9.18. The van der Waals surface area contributed by atoms with Crippen LogP contribution in [-0.4, -0.2) is 36.4 Å². The Balaban J connectivity index is 1.61. The summed E-state index contributed by atoms with van der Waals surface area (Å²) in [4.78, 5) is 37.4. The third-order valence-electron chi connectivity index (χ3n) is 3.98. The van der Waals surface area contributed by atoms with Gasteiger partial charge in [-0.15, -0.1) is 11.8 Å². The van der Waals surface area contributed by atoms with E-state index >= 15 is 0 Å². The normalized spacial score (nSPS) is 13.7. The van der Waals surface area contributed by atoms with Gasteiger partial charge in [-0.25, -0.2) is 9.80 Å². The molecule has 1 heterocycles. The molecule has 2 amide bonds. The van der Waals surface area contributed by atoms with Crippen molar-refractivity contribution in [2.75, 3.05) is 23.2 Å². The summed E-state index contributed by atoms with van der Waals surface area (Å²) in [6.45, 7) is -0.431. The van der Waals surface area contributed by atoms with Crippen LogP contribution in [0.4, 0.5) is 11.4 Å². The quantitative estimate of drug-likeness (QED) is 0.598. The lowest BCUT2D eigenvalue weighted by atomic mass is 10.1. The molecule has 0 spiro atoms. The van der Waals surface area contributed by atoms with E-state index in [1.54, 1.807) is 30.3 Å². The van der Waals surface area contributed by atoms with Gasteiger partial charge in [-0.2, -0.15) is 5.10 Å². The first-order valence-corrected chi connectivity index (χ1v) is 9.86. The van der Waals surface area contributed by atoms with Gasteiger partial charge in [0.2, 0.25) is 5.91 Å². The monoisotopic (exact) mass is 397 g/mol. The van der Waals surface area contributed by atoms with Crippen LogP contribution in [0.2, 0.25) is 0 Å². The Kier molecular flexibility index (Phi) is 6.44. The molecule has 7 nitrogen and oxygen atoms in total. The van der Waals surface area contributed by atoms with Crippen LogP contribution in [0.1, 0.15) is 12.8 Å². The number of rotatable bonds is 6. The van der Waals surface area contributed by atoms with Crippen molar-refractivity contribution < 1.29 is 19.1 Å². The van der Waals surface area contributed by atoms with Gasteiger partial charge in [0, 0.05) is 17.7 Å². The first-order valence-electron chi connectivity index (χ1n) is 8.64. The first-order chi connectivity index (χ1) is 13.6. The van der Waals surface area contributed by atoms with Gasteiger partial charge in [-0.1, -0.05) is 30.3 Å². The molecular formula is C20H19N3O4S. The highest BCUT2D eigenvalue weighted by atomic mass is 32.2. The zero-order chi connectivity index (χ0) is 19.9. The number of nitrogens with zero attached hydrogens (tertiary/aromatic N) is 2. The van der Waals surface area contributed by atoms with Gasteiger partial charge in [0.05, 0.1) is 11.4 Å². The van der Waals surface area contributed by atoms with E-state index < -0.39 is 18.5 Å². The summed E-state index contributed by atoms with van der Waals surface area (Å²) < 4.78 is 5.08. The predicted molar refractivity (Wildman–Crippen MR) is 108 cm³/mol. The second-order valence-corrected chi connectivity index (χ2v) is 6.76. The molecule has 28 heavy (non-hydrogen) atoms. The molecule has 1 N–H and O–H groups in total. The molecule has 2 aromatic rings. The Hall–Kier alpha value is -3.13. The van der Waals surface area contributed by atoms with Crippen molar-refractivity contribution in [2.24, 2.45) is 5.10 Å². The second-order valence-electron chi connectivity index (χ2n) is 5.91. The molecule has 2 aromatic carbocycles. The zero-order valence-electron chi connectivity index (χ0n) is 15.3. The van der Waals surface area contributed by atoms with Gasteiger partial charge >= 0.3 is 5.97 Å². The molecule has 8 heteroatoms. The molecule has 1 aliphatic heterocycles. The maximum absolute atomic E-state index is 12.3. The highest BCUT2D eigenvalue weighted by Gasteiger charge is 2.26. The number of nitrogens with one attached hydrogen (secondary N) is 1. The minimum atomic E-state index is -0.707. The number of carbonyl (C=O) groups is 3. The standard InChI is InChI=1S/C20H19N3O4S/c1-28-17-10-6-5-9-15(17)21-18(24)13-27-20(26)16-11-12-19(25)23(22-16)14-7-3-2-4-8-14/h2-10H,11-13H2,1H3,(H,21,24). The largest absolute Gasteiger partial charge is 0.451 e. The molecule has 0 saturated carbocycles. The number of esters is 1. The Morgan fingerprint density at radius 3 is 2.57 bits per heavy atom. The fourth-order valence-electron chi connectivity index (χ4n) is 2.62. The van der Waals surface area contributed by atoms with Crippen molar-refractivity contribution >= 4 is 46.6 Å². The van der Waals surface area contributed by atoms with E-state index in [4.69, 9.17) is 4.74 Å². The maximum atomic E-state index is 12.3. The molecule has 0 bridgehead atoms. The van der Waals surface area contributed by atoms with Gasteiger partial charge in [-0.05, 0) is 30.5 Å². The number of ether oxygens (including phenoxy) is 1. The lowest BCUT2D eigenvalue weighted by molar-refractivity contribution is -0.140. The fourth-order valence-corrected chi connectivity index (χ4v) is 3.17. The van der Waals surface area contributed by atoms with E-state index in [1.165, 1.54) is 16.8 Å². The summed E-state index contributed by atoms with van der Waals surface area (Å²) in [7, 11) is 0. The van der Waals surface area contributed by atoms with Gasteiger partial charge in [0.25, 0.3) is 5.91 Å². The third kappa shape index (κ3) is 4.77. The van der Waals surface area contributed by atoms with Gasteiger partial charge < -0.3 is 10.1 Å². The summed E-state index contributed by atoms with van der Waals surface area (Å²) in [5.74, 6) is -1.35. The Morgan fingerprint density at radius 2 is 1.82 bits per heavy atom. The number of anilines is 2. The number of thioether (sulfide) groups is 1. The van der Waals surface area contributed by atoms with Gasteiger partial charge in [0.1, 0.15) is 5.71 Å². The van der Waals surface area contributed by atoms with E-state index in [0.717, 1.165) is 4.90 Å². The summed E-state index contributed by atoms with van der Waals surface area (Å²) in [6, 6.07) is 16.2. The van der Waals surface area contributed by atoms with Crippen molar-refractivity contribution in [2.45, 2.75) is 17.7 Å². The highest BCUT2D eigenvalue weighted by Crippen LogP contribution is 2.24. The summed E-state index contributed by atoms with van der Waals surface area (Å²) >= 11 is 1.50. The molecule has 144 valence electrons. The average molecular weight is 397 g/mol. The van der Waals surface area contributed by atoms with Crippen LogP contribution in [-0.2, 0) is 19.1 Å². The molecule has 1 aliphatic rings. The van der Waals surface area contributed by atoms with Crippen molar-refractivity contribution in [3.05, 3.63) is 54.6 Å². The number of hydrogen-bond acceptors (Lipinski definition) is 6. The SMILES string of the molecule is CSc1ccccc1NC(=O)COC(=O)C1=NN(c2ccccc2)C(=O)CC1. The number of benzene rings is 2. The first kappa shape index (κ1) is 19.6. The number of hydrogen-bond donors (Lipinski definition) is 1. The van der Waals surface area contributed by atoms with Crippen molar-refractivity contribution in [1.29, 1.82) is 0 Å².